The summed E-state index contributed by atoms with van der Waals surface area (Å²) in [6, 6.07) is 8.04. The van der Waals surface area contributed by atoms with Crippen molar-refractivity contribution < 1.29 is 4.74 Å². The van der Waals surface area contributed by atoms with Crippen molar-refractivity contribution in [1.82, 2.24) is 10.2 Å². The molecule has 0 radical (unpaired) electrons. The summed E-state index contributed by atoms with van der Waals surface area (Å²) in [6.45, 7) is 3.96. The molecular weight excluding hydrogens is 278 g/mol. The van der Waals surface area contributed by atoms with Crippen LogP contribution in [-0.4, -0.2) is 23.3 Å². The lowest BCUT2D eigenvalue weighted by Crippen LogP contribution is -2.22. The molecule has 102 valence electrons. The number of benzene rings is 1. The van der Waals surface area contributed by atoms with Crippen LogP contribution in [0.1, 0.15) is 22.7 Å². The molecule has 0 amide bonds. The van der Waals surface area contributed by atoms with E-state index in [2.05, 4.69) is 10.2 Å². The van der Waals surface area contributed by atoms with E-state index in [-0.39, 0.29) is 11.3 Å². The topological polar surface area (TPSA) is 61.0 Å². The number of nitrogens with two attached hydrogens (primary N) is 1. The van der Waals surface area contributed by atoms with Crippen LogP contribution in [-0.2, 0) is 0 Å². The van der Waals surface area contributed by atoms with Gasteiger partial charge in [0, 0.05) is 6.04 Å². The predicted octanol–water partition coefficient (Wildman–Crippen LogP) is 3.04. The Morgan fingerprint density at radius 3 is 2.42 bits per heavy atom. The Kier molecular flexibility index (Phi) is 4.79. The molecule has 1 aromatic heterocycles. The number of aromatic nitrogens is 2. The van der Waals surface area contributed by atoms with E-state index in [1.54, 1.807) is 30.2 Å². The standard InChI is InChI=1S/C13H17N3OS2/c1-8(14)12(19-13-16-15-9(2)18-13)10-4-6-11(17-3)7-5-10/h4-8,12H,14H2,1-3H3. The number of thioether (sulfide) groups is 1. The number of rotatable bonds is 5. The van der Waals surface area contributed by atoms with Crippen molar-refractivity contribution in [3.63, 3.8) is 0 Å². The first-order chi connectivity index (χ1) is 9.10. The maximum atomic E-state index is 6.10. The molecule has 2 aromatic rings. The molecule has 0 fully saturated rings. The molecule has 6 heteroatoms. The smallest absolute Gasteiger partial charge is 0.174 e. The number of ether oxygens (including phenoxy) is 1. The molecular formula is C13H17N3OS2. The molecule has 0 aliphatic heterocycles. The van der Waals surface area contributed by atoms with Gasteiger partial charge in [-0.15, -0.1) is 10.2 Å². The van der Waals surface area contributed by atoms with Gasteiger partial charge in [-0.05, 0) is 31.5 Å². The number of hydrogen-bond donors (Lipinski definition) is 1. The minimum absolute atomic E-state index is 0.0302. The number of methoxy groups -OCH3 is 1. The van der Waals surface area contributed by atoms with Crippen LogP contribution in [0.2, 0.25) is 0 Å². The molecule has 2 atom stereocenters. The summed E-state index contributed by atoms with van der Waals surface area (Å²) in [6.07, 6.45) is 0. The van der Waals surface area contributed by atoms with E-state index in [0.29, 0.717) is 0 Å². The molecule has 1 heterocycles. The highest BCUT2D eigenvalue weighted by molar-refractivity contribution is 8.01. The molecule has 2 N–H and O–H groups in total. The lowest BCUT2D eigenvalue weighted by Gasteiger charge is -2.19. The zero-order valence-electron chi connectivity index (χ0n) is 11.2. The Labute approximate surface area is 121 Å². The molecule has 4 nitrogen and oxygen atoms in total. The summed E-state index contributed by atoms with van der Waals surface area (Å²) < 4.78 is 6.13. The van der Waals surface area contributed by atoms with Crippen molar-refractivity contribution >= 4 is 23.1 Å². The number of nitrogens with zero attached hydrogens (tertiary/aromatic N) is 2. The van der Waals surface area contributed by atoms with Crippen LogP contribution in [0, 0.1) is 6.92 Å². The maximum absolute atomic E-state index is 6.10. The largest absolute Gasteiger partial charge is 0.497 e. The monoisotopic (exact) mass is 295 g/mol. The average molecular weight is 295 g/mol. The minimum Gasteiger partial charge on any atom is -0.497 e. The molecule has 19 heavy (non-hydrogen) atoms. The van der Waals surface area contributed by atoms with E-state index in [9.17, 15) is 0 Å². The van der Waals surface area contributed by atoms with Gasteiger partial charge in [0.1, 0.15) is 10.8 Å². The van der Waals surface area contributed by atoms with Crippen LogP contribution in [0.15, 0.2) is 28.6 Å². The van der Waals surface area contributed by atoms with E-state index in [4.69, 9.17) is 10.5 Å². The van der Waals surface area contributed by atoms with Gasteiger partial charge in [-0.25, -0.2) is 0 Å². The van der Waals surface area contributed by atoms with Crippen LogP contribution in [0.4, 0.5) is 0 Å². The third kappa shape index (κ3) is 3.68. The first kappa shape index (κ1) is 14.3. The predicted molar refractivity (Wildman–Crippen MR) is 79.9 cm³/mol. The van der Waals surface area contributed by atoms with Gasteiger partial charge < -0.3 is 10.5 Å². The normalized spacial score (nSPS) is 14.1. The maximum Gasteiger partial charge on any atom is 0.174 e. The first-order valence-electron chi connectivity index (χ1n) is 5.96. The molecule has 2 rings (SSSR count). The molecule has 0 aliphatic rings. The molecule has 0 bridgehead atoms. The van der Waals surface area contributed by atoms with Crippen LogP contribution in [0.5, 0.6) is 5.75 Å². The third-order valence-corrected chi connectivity index (χ3v) is 5.07. The van der Waals surface area contributed by atoms with Crippen LogP contribution in [0.25, 0.3) is 0 Å². The van der Waals surface area contributed by atoms with E-state index >= 15 is 0 Å². The Morgan fingerprint density at radius 2 is 1.95 bits per heavy atom. The van der Waals surface area contributed by atoms with Gasteiger partial charge in [0.2, 0.25) is 0 Å². The fourth-order valence-electron chi connectivity index (χ4n) is 1.71. The van der Waals surface area contributed by atoms with Crippen molar-refractivity contribution in [3.8, 4) is 5.75 Å². The Morgan fingerprint density at radius 1 is 1.26 bits per heavy atom. The van der Waals surface area contributed by atoms with Crippen molar-refractivity contribution in [1.29, 1.82) is 0 Å². The van der Waals surface area contributed by atoms with Crippen molar-refractivity contribution in [2.75, 3.05) is 7.11 Å². The van der Waals surface area contributed by atoms with Crippen molar-refractivity contribution in [2.24, 2.45) is 5.73 Å². The quantitative estimate of drug-likeness (QED) is 0.859. The molecule has 1 aromatic carbocycles. The molecule has 0 spiro atoms. The highest BCUT2D eigenvalue weighted by Crippen LogP contribution is 2.38. The second kappa shape index (κ2) is 6.36. The zero-order chi connectivity index (χ0) is 13.8. The molecule has 2 unspecified atom stereocenters. The fourth-order valence-corrected chi connectivity index (χ4v) is 3.80. The van der Waals surface area contributed by atoms with Crippen LogP contribution < -0.4 is 10.5 Å². The summed E-state index contributed by atoms with van der Waals surface area (Å²) in [7, 11) is 1.66. The average Bonchev–Trinajstić information content (AvgIpc) is 2.81. The van der Waals surface area contributed by atoms with Gasteiger partial charge in [-0.3, -0.25) is 0 Å². The Hall–Kier alpha value is -1.11. The molecule has 0 aliphatic carbocycles. The van der Waals surface area contributed by atoms with E-state index < -0.39 is 0 Å². The van der Waals surface area contributed by atoms with Gasteiger partial charge in [-0.1, -0.05) is 35.2 Å². The summed E-state index contributed by atoms with van der Waals surface area (Å²) in [5.41, 5.74) is 7.27. The SMILES string of the molecule is COc1ccc(C(Sc2nnc(C)s2)C(C)N)cc1. The minimum atomic E-state index is 0.0302. The van der Waals surface area contributed by atoms with Gasteiger partial charge in [0.25, 0.3) is 0 Å². The summed E-state index contributed by atoms with van der Waals surface area (Å²) in [4.78, 5) is 0. The lowest BCUT2D eigenvalue weighted by atomic mass is 10.1. The zero-order valence-corrected chi connectivity index (χ0v) is 12.8. The number of aryl methyl sites for hydroxylation is 1. The van der Waals surface area contributed by atoms with E-state index in [1.165, 1.54) is 5.56 Å². The van der Waals surface area contributed by atoms with Crippen LogP contribution in [0.3, 0.4) is 0 Å². The van der Waals surface area contributed by atoms with E-state index in [1.807, 2.05) is 38.1 Å². The third-order valence-electron chi connectivity index (χ3n) is 2.66. The Balaban J connectivity index is 2.19. The second-order valence-corrected chi connectivity index (χ2v) is 6.83. The first-order valence-corrected chi connectivity index (χ1v) is 7.66. The summed E-state index contributed by atoms with van der Waals surface area (Å²) in [5, 5.41) is 9.32. The van der Waals surface area contributed by atoms with Crippen molar-refractivity contribution in [3.05, 3.63) is 34.8 Å². The summed E-state index contributed by atoms with van der Waals surface area (Å²) >= 11 is 3.26. The second-order valence-electron chi connectivity index (χ2n) is 4.26. The van der Waals surface area contributed by atoms with Crippen LogP contribution >= 0.6 is 23.1 Å². The Bertz CT molecular complexity index is 525. The summed E-state index contributed by atoms with van der Waals surface area (Å²) in [5.74, 6) is 0.851. The highest BCUT2D eigenvalue weighted by Gasteiger charge is 2.19. The van der Waals surface area contributed by atoms with E-state index in [0.717, 1.165) is 15.1 Å². The lowest BCUT2D eigenvalue weighted by molar-refractivity contribution is 0.414. The molecule has 0 saturated heterocycles. The molecule has 0 saturated carbocycles. The van der Waals surface area contributed by atoms with Gasteiger partial charge in [0.05, 0.1) is 12.4 Å². The van der Waals surface area contributed by atoms with Gasteiger partial charge in [0.15, 0.2) is 4.34 Å². The number of hydrogen-bond acceptors (Lipinski definition) is 6. The van der Waals surface area contributed by atoms with Gasteiger partial charge >= 0.3 is 0 Å². The van der Waals surface area contributed by atoms with Gasteiger partial charge in [-0.2, -0.15) is 0 Å². The fraction of sp³-hybridized carbons (Fsp3) is 0.385. The highest BCUT2D eigenvalue weighted by atomic mass is 32.2. The van der Waals surface area contributed by atoms with Crippen molar-refractivity contribution in [2.45, 2.75) is 29.5 Å².